The van der Waals surface area contributed by atoms with E-state index in [2.05, 4.69) is 9.97 Å². The van der Waals surface area contributed by atoms with Gasteiger partial charge in [-0.05, 0) is 48.7 Å². The van der Waals surface area contributed by atoms with Gasteiger partial charge in [0.05, 0.1) is 6.54 Å². The molecule has 0 N–H and O–H groups in total. The highest BCUT2D eigenvalue weighted by molar-refractivity contribution is 5.71. The first-order chi connectivity index (χ1) is 9.57. The molecular weight excluding hydrogens is 253 g/mol. The van der Waals surface area contributed by atoms with E-state index in [-0.39, 0.29) is 0 Å². The minimum absolute atomic E-state index is 0.417. The van der Waals surface area contributed by atoms with Crippen molar-refractivity contribution in [3.63, 3.8) is 0 Å². The lowest BCUT2D eigenvalue weighted by Crippen LogP contribution is -2.27. The van der Waals surface area contributed by atoms with E-state index in [0.717, 1.165) is 29.1 Å². The number of alkyl halides is 1. The van der Waals surface area contributed by atoms with Gasteiger partial charge in [0, 0.05) is 31.6 Å². The maximum atomic E-state index is 14.0. The van der Waals surface area contributed by atoms with Gasteiger partial charge in [-0.1, -0.05) is 0 Å². The molecule has 0 radical (unpaired) electrons. The third-order valence-electron chi connectivity index (χ3n) is 3.89. The highest BCUT2D eigenvalue weighted by atomic mass is 19.1. The first kappa shape index (κ1) is 13.0. The van der Waals surface area contributed by atoms with Crippen molar-refractivity contribution < 1.29 is 4.39 Å². The molecule has 0 amide bonds. The molecule has 0 saturated carbocycles. The molecule has 0 bridgehead atoms. The summed E-state index contributed by atoms with van der Waals surface area (Å²) < 4.78 is 14.0. The van der Waals surface area contributed by atoms with Gasteiger partial charge in [-0.3, -0.25) is 4.98 Å². The molecule has 3 heterocycles. The number of hydrogen-bond acceptors (Lipinski definition) is 3. The van der Waals surface area contributed by atoms with Crippen LogP contribution in [0.3, 0.4) is 0 Å². The molecule has 2 aromatic rings. The van der Waals surface area contributed by atoms with Gasteiger partial charge in [-0.2, -0.15) is 0 Å². The van der Waals surface area contributed by atoms with Gasteiger partial charge < -0.3 is 4.90 Å². The van der Waals surface area contributed by atoms with E-state index in [9.17, 15) is 4.39 Å². The second-order valence-electron chi connectivity index (χ2n) is 5.63. The Labute approximate surface area is 118 Å². The molecular formula is C16H18FN3. The van der Waals surface area contributed by atoms with Gasteiger partial charge in [-0.15, -0.1) is 0 Å². The lowest BCUT2D eigenvalue weighted by molar-refractivity contribution is 0.221. The molecule has 1 saturated heterocycles. The van der Waals surface area contributed by atoms with E-state index in [0.29, 0.717) is 13.0 Å². The van der Waals surface area contributed by atoms with E-state index < -0.39 is 5.67 Å². The van der Waals surface area contributed by atoms with E-state index in [1.165, 1.54) is 0 Å². The van der Waals surface area contributed by atoms with Crippen molar-refractivity contribution in [1.29, 1.82) is 0 Å². The smallest absolute Gasteiger partial charge is 0.132 e. The minimum atomic E-state index is -1.11. The van der Waals surface area contributed by atoms with Crippen LogP contribution in [0.4, 0.5) is 10.2 Å². The van der Waals surface area contributed by atoms with Crippen molar-refractivity contribution in [3.8, 4) is 11.1 Å². The fraction of sp³-hybridized carbons (Fsp3) is 0.375. The number of halogens is 1. The highest BCUT2D eigenvalue weighted by Crippen LogP contribution is 2.33. The summed E-state index contributed by atoms with van der Waals surface area (Å²) >= 11 is 0. The van der Waals surface area contributed by atoms with Crippen LogP contribution < -0.4 is 4.90 Å². The Morgan fingerprint density at radius 3 is 2.60 bits per heavy atom. The Hall–Kier alpha value is -1.97. The Kier molecular flexibility index (Phi) is 3.16. The maximum absolute atomic E-state index is 14.0. The zero-order valence-corrected chi connectivity index (χ0v) is 11.8. The van der Waals surface area contributed by atoms with Crippen LogP contribution in [0.25, 0.3) is 11.1 Å². The average molecular weight is 271 g/mol. The highest BCUT2D eigenvalue weighted by Gasteiger charge is 2.34. The molecule has 1 fully saturated rings. The van der Waals surface area contributed by atoms with Crippen molar-refractivity contribution in [1.82, 2.24) is 9.97 Å². The summed E-state index contributed by atoms with van der Waals surface area (Å²) in [5.41, 5.74) is 2.23. The summed E-state index contributed by atoms with van der Waals surface area (Å²) in [6.07, 6.45) is 5.92. The van der Waals surface area contributed by atoms with Crippen molar-refractivity contribution in [2.24, 2.45) is 0 Å². The van der Waals surface area contributed by atoms with Gasteiger partial charge in [0.15, 0.2) is 0 Å². The first-order valence-electron chi connectivity index (χ1n) is 6.87. The Morgan fingerprint density at radius 2 is 1.95 bits per heavy atom. The van der Waals surface area contributed by atoms with Crippen molar-refractivity contribution in [2.45, 2.75) is 25.9 Å². The number of pyridine rings is 2. The summed E-state index contributed by atoms with van der Waals surface area (Å²) in [5, 5.41) is 0. The zero-order chi connectivity index (χ0) is 14.2. The molecule has 20 heavy (non-hydrogen) atoms. The topological polar surface area (TPSA) is 29.0 Å². The Bertz CT molecular complexity index is 610. The molecule has 104 valence electrons. The van der Waals surface area contributed by atoms with Crippen LogP contribution in [-0.4, -0.2) is 28.7 Å². The standard InChI is InChI=1S/C16H18FN3/c1-12-14(13-3-7-18-8-4-13)5-9-19-15(12)20-10-6-16(2,17)11-20/h3-5,7-9H,6,10-11H2,1-2H3. The molecule has 1 aliphatic rings. The molecule has 0 spiro atoms. The predicted octanol–water partition coefficient (Wildman–Crippen LogP) is 3.39. The second kappa shape index (κ2) is 4.85. The summed E-state index contributed by atoms with van der Waals surface area (Å²) in [7, 11) is 0. The van der Waals surface area contributed by atoms with Gasteiger partial charge in [-0.25, -0.2) is 9.37 Å². The van der Waals surface area contributed by atoms with Crippen LogP contribution >= 0.6 is 0 Å². The largest absolute Gasteiger partial charge is 0.353 e. The number of aromatic nitrogens is 2. The van der Waals surface area contributed by atoms with Crippen LogP contribution in [0, 0.1) is 6.92 Å². The van der Waals surface area contributed by atoms with Crippen molar-refractivity contribution in [3.05, 3.63) is 42.4 Å². The van der Waals surface area contributed by atoms with Crippen LogP contribution in [-0.2, 0) is 0 Å². The molecule has 2 aromatic heterocycles. The average Bonchev–Trinajstić information content (AvgIpc) is 2.80. The van der Waals surface area contributed by atoms with E-state index in [1.807, 2.05) is 30.0 Å². The van der Waals surface area contributed by atoms with Gasteiger partial charge in [0.25, 0.3) is 0 Å². The van der Waals surface area contributed by atoms with Crippen LogP contribution in [0.1, 0.15) is 18.9 Å². The molecule has 4 heteroatoms. The fourth-order valence-corrected chi connectivity index (χ4v) is 2.79. The third kappa shape index (κ3) is 2.38. The zero-order valence-electron chi connectivity index (χ0n) is 11.8. The molecule has 1 aliphatic heterocycles. The normalized spacial score (nSPS) is 22.2. The lowest BCUT2D eigenvalue weighted by atomic mass is 10.0. The van der Waals surface area contributed by atoms with E-state index in [4.69, 9.17) is 0 Å². The van der Waals surface area contributed by atoms with E-state index in [1.54, 1.807) is 25.5 Å². The van der Waals surface area contributed by atoms with Gasteiger partial charge in [0.2, 0.25) is 0 Å². The fourth-order valence-electron chi connectivity index (χ4n) is 2.79. The van der Waals surface area contributed by atoms with Crippen molar-refractivity contribution in [2.75, 3.05) is 18.0 Å². The quantitative estimate of drug-likeness (QED) is 0.838. The number of anilines is 1. The summed E-state index contributed by atoms with van der Waals surface area (Å²) in [4.78, 5) is 10.5. The second-order valence-corrected chi connectivity index (χ2v) is 5.63. The van der Waals surface area contributed by atoms with Gasteiger partial charge >= 0.3 is 0 Å². The summed E-state index contributed by atoms with van der Waals surface area (Å²) in [6.45, 7) is 4.85. The van der Waals surface area contributed by atoms with Crippen LogP contribution in [0.2, 0.25) is 0 Å². The van der Waals surface area contributed by atoms with E-state index >= 15 is 0 Å². The molecule has 3 nitrogen and oxygen atoms in total. The van der Waals surface area contributed by atoms with Crippen LogP contribution in [0.15, 0.2) is 36.8 Å². The summed E-state index contributed by atoms with van der Waals surface area (Å²) in [5.74, 6) is 0.890. The number of rotatable bonds is 2. The predicted molar refractivity (Wildman–Crippen MR) is 78.5 cm³/mol. The Balaban J connectivity index is 1.99. The monoisotopic (exact) mass is 271 g/mol. The lowest BCUT2D eigenvalue weighted by Gasteiger charge is -2.21. The molecule has 0 aliphatic carbocycles. The molecule has 3 rings (SSSR count). The molecule has 1 unspecified atom stereocenters. The molecule has 1 atom stereocenters. The first-order valence-corrected chi connectivity index (χ1v) is 6.87. The molecule has 0 aromatic carbocycles. The van der Waals surface area contributed by atoms with Gasteiger partial charge in [0.1, 0.15) is 11.5 Å². The third-order valence-corrected chi connectivity index (χ3v) is 3.89. The number of nitrogens with zero attached hydrogens (tertiary/aromatic N) is 3. The van der Waals surface area contributed by atoms with Crippen molar-refractivity contribution >= 4 is 5.82 Å². The van der Waals surface area contributed by atoms with Crippen LogP contribution in [0.5, 0.6) is 0 Å². The number of hydrogen-bond donors (Lipinski definition) is 0. The Morgan fingerprint density at radius 1 is 1.20 bits per heavy atom. The summed E-state index contributed by atoms with van der Waals surface area (Å²) in [6, 6.07) is 5.96. The maximum Gasteiger partial charge on any atom is 0.132 e. The minimum Gasteiger partial charge on any atom is -0.353 e. The SMILES string of the molecule is Cc1c(-c2ccncc2)ccnc1N1CCC(C)(F)C1.